The average Bonchev–Trinajstić information content (AvgIpc) is 2.62. The van der Waals surface area contributed by atoms with Crippen LogP contribution in [0.3, 0.4) is 0 Å². The molecule has 2 nitrogen and oxygen atoms in total. The first-order chi connectivity index (χ1) is 7.33. The zero-order valence-electron chi connectivity index (χ0n) is 8.36. The van der Waals surface area contributed by atoms with Crippen molar-refractivity contribution in [2.24, 2.45) is 0 Å². The van der Waals surface area contributed by atoms with E-state index in [1.54, 1.807) is 29.4 Å². The van der Waals surface area contributed by atoms with Crippen molar-refractivity contribution in [1.29, 1.82) is 0 Å². The summed E-state index contributed by atoms with van der Waals surface area (Å²) >= 11 is 9.13. The maximum absolute atomic E-state index is 5.65. The van der Waals surface area contributed by atoms with Gasteiger partial charge in [-0.05, 0) is 24.3 Å². The molecular weight excluding hydrogens is 248 g/mol. The van der Waals surface area contributed by atoms with Crippen LogP contribution >= 0.6 is 34.7 Å². The second-order valence-corrected chi connectivity index (χ2v) is 5.51. The van der Waals surface area contributed by atoms with Crippen molar-refractivity contribution in [3.05, 3.63) is 17.3 Å². The highest BCUT2D eigenvalue weighted by Gasteiger charge is 2.07. The predicted molar refractivity (Wildman–Crippen MR) is 68.2 cm³/mol. The molecule has 0 atom stereocenters. The van der Waals surface area contributed by atoms with Crippen LogP contribution in [-0.4, -0.2) is 21.6 Å². The SMILES string of the molecule is Cc1csc2c(SCCCCl)ncnc12. The fourth-order valence-electron chi connectivity index (χ4n) is 1.27. The van der Waals surface area contributed by atoms with Gasteiger partial charge in [0, 0.05) is 11.6 Å². The lowest BCUT2D eigenvalue weighted by atomic mass is 10.3. The molecule has 15 heavy (non-hydrogen) atoms. The number of aromatic nitrogens is 2. The molecule has 0 radical (unpaired) electrons. The lowest BCUT2D eigenvalue weighted by molar-refractivity contribution is 1.08. The standard InChI is InChI=1S/C10H11ClN2S2/c1-7-5-15-9-8(7)12-6-13-10(9)14-4-2-3-11/h5-6H,2-4H2,1H3. The van der Waals surface area contributed by atoms with E-state index in [1.807, 2.05) is 0 Å². The molecule has 0 aliphatic rings. The molecule has 2 heterocycles. The number of halogens is 1. The molecule has 0 aliphatic heterocycles. The molecule has 0 saturated carbocycles. The van der Waals surface area contributed by atoms with Crippen LogP contribution in [0.15, 0.2) is 16.7 Å². The van der Waals surface area contributed by atoms with Crippen LogP contribution in [0.5, 0.6) is 0 Å². The van der Waals surface area contributed by atoms with Gasteiger partial charge in [0.25, 0.3) is 0 Å². The quantitative estimate of drug-likeness (QED) is 0.362. The van der Waals surface area contributed by atoms with Crippen LogP contribution < -0.4 is 0 Å². The zero-order valence-corrected chi connectivity index (χ0v) is 10.8. The van der Waals surface area contributed by atoms with Gasteiger partial charge in [-0.25, -0.2) is 9.97 Å². The number of hydrogen-bond acceptors (Lipinski definition) is 4. The third-order valence-corrected chi connectivity index (χ3v) is 4.58. The molecule has 5 heteroatoms. The molecule has 0 amide bonds. The van der Waals surface area contributed by atoms with E-state index >= 15 is 0 Å². The van der Waals surface area contributed by atoms with E-state index in [4.69, 9.17) is 11.6 Å². The molecule has 0 N–H and O–H groups in total. The first kappa shape index (κ1) is 11.2. The molecule has 0 unspecified atom stereocenters. The largest absolute Gasteiger partial charge is 0.235 e. The highest BCUT2D eigenvalue weighted by Crippen LogP contribution is 2.31. The topological polar surface area (TPSA) is 25.8 Å². The van der Waals surface area contributed by atoms with Gasteiger partial charge in [0.15, 0.2) is 0 Å². The lowest BCUT2D eigenvalue weighted by Gasteiger charge is -2.00. The van der Waals surface area contributed by atoms with E-state index in [1.165, 1.54) is 10.3 Å². The molecule has 80 valence electrons. The summed E-state index contributed by atoms with van der Waals surface area (Å²) in [6.45, 7) is 2.08. The summed E-state index contributed by atoms with van der Waals surface area (Å²) in [4.78, 5) is 8.60. The Morgan fingerprint density at radius 1 is 1.47 bits per heavy atom. The molecule has 0 spiro atoms. The Balaban J connectivity index is 2.26. The van der Waals surface area contributed by atoms with Gasteiger partial charge in [-0.15, -0.1) is 34.7 Å². The second-order valence-electron chi connectivity index (χ2n) is 3.17. The van der Waals surface area contributed by atoms with Gasteiger partial charge < -0.3 is 0 Å². The lowest BCUT2D eigenvalue weighted by Crippen LogP contribution is -1.86. The van der Waals surface area contributed by atoms with Crippen molar-refractivity contribution >= 4 is 44.9 Å². The van der Waals surface area contributed by atoms with E-state index < -0.39 is 0 Å². The maximum Gasteiger partial charge on any atom is 0.117 e. The fourth-order valence-corrected chi connectivity index (χ4v) is 3.60. The van der Waals surface area contributed by atoms with Crippen molar-refractivity contribution in [3.8, 4) is 0 Å². The summed E-state index contributed by atoms with van der Waals surface area (Å²) in [6.07, 6.45) is 2.66. The number of aryl methyl sites for hydroxylation is 1. The Hall–Kier alpha value is -0.320. The van der Waals surface area contributed by atoms with E-state index in [2.05, 4.69) is 22.3 Å². The Bertz CT molecular complexity index is 456. The van der Waals surface area contributed by atoms with Gasteiger partial charge >= 0.3 is 0 Å². The number of alkyl halides is 1. The monoisotopic (exact) mass is 258 g/mol. The summed E-state index contributed by atoms with van der Waals surface area (Å²) in [5.74, 6) is 1.73. The van der Waals surface area contributed by atoms with Crippen molar-refractivity contribution in [1.82, 2.24) is 9.97 Å². The highest BCUT2D eigenvalue weighted by atomic mass is 35.5. The normalized spacial score (nSPS) is 11.1. The number of thiophene rings is 1. The van der Waals surface area contributed by atoms with E-state index in [-0.39, 0.29) is 0 Å². The number of fused-ring (bicyclic) bond motifs is 1. The Morgan fingerprint density at radius 2 is 2.33 bits per heavy atom. The van der Waals surface area contributed by atoms with Crippen molar-refractivity contribution < 1.29 is 0 Å². The minimum atomic E-state index is 0.713. The van der Waals surface area contributed by atoms with E-state index in [0.29, 0.717) is 5.88 Å². The average molecular weight is 259 g/mol. The van der Waals surface area contributed by atoms with Crippen molar-refractivity contribution in [2.45, 2.75) is 18.4 Å². The smallest absolute Gasteiger partial charge is 0.117 e. The summed E-state index contributed by atoms with van der Waals surface area (Å²) in [5, 5.41) is 3.22. The molecule has 0 saturated heterocycles. The van der Waals surface area contributed by atoms with Crippen molar-refractivity contribution in [2.75, 3.05) is 11.6 Å². The van der Waals surface area contributed by atoms with Crippen molar-refractivity contribution in [3.63, 3.8) is 0 Å². The summed E-state index contributed by atoms with van der Waals surface area (Å²) < 4.78 is 1.20. The number of thioether (sulfide) groups is 1. The molecule has 2 aromatic heterocycles. The fraction of sp³-hybridized carbons (Fsp3) is 0.400. The first-order valence-electron chi connectivity index (χ1n) is 4.70. The van der Waals surface area contributed by atoms with Gasteiger partial charge in [0.2, 0.25) is 0 Å². The summed E-state index contributed by atoms with van der Waals surface area (Å²) in [5.41, 5.74) is 2.32. The molecule has 2 rings (SSSR count). The zero-order chi connectivity index (χ0) is 10.7. The van der Waals surface area contributed by atoms with Gasteiger partial charge in [-0.2, -0.15) is 0 Å². The van der Waals surface area contributed by atoms with Gasteiger partial charge in [-0.3, -0.25) is 0 Å². The molecule has 0 fully saturated rings. The van der Waals surface area contributed by atoms with Gasteiger partial charge in [0.05, 0.1) is 10.2 Å². The molecule has 0 aromatic carbocycles. The second kappa shape index (κ2) is 5.14. The minimum Gasteiger partial charge on any atom is -0.235 e. The molecule has 0 bridgehead atoms. The van der Waals surface area contributed by atoms with Crippen LogP contribution in [-0.2, 0) is 0 Å². The molecule has 2 aromatic rings. The van der Waals surface area contributed by atoms with E-state index in [9.17, 15) is 0 Å². The van der Waals surface area contributed by atoms with Crippen LogP contribution in [0.4, 0.5) is 0 Å². The number of hydrogen-bond donors (Lipinski definition) is 0. The first-order valence-corrected chi connectivity index (χ1v) is 7.10. The van der Waals surface area contributed by atoms with Gasteiger partial charge in [0.1, 0.15) is 11.4 Å². The third kappa shape index (κ3) is 2.44. The Labute approximate surface area is 102 Å². The summed E-state index contributed by atoms with van der Waals surface area (Å²) in [6, 6.07) is 0. The van der Waals surface area contributed by atoms with E-state index in [0.717, 1.165) is 22.7 Å². The van der Waals surface area contributed by atoms with Crippen LogP contribution in [0, 0.1) is 6.92 Å². The molecular formula is C10H11ClN2S2. The van der Waals surface area contributed by atoms with Crippen LogP contribution in [0.25, 0.3) is 10.2 Å². The van der Waals surface area contributed by atoms with Crippen LogP contribution in [0.1, 0.15) is 12.0 Å². The highest BCUT2D eigenvalue weighted by molar-refractivity contribution is 7.99. The summed E-state index contributed by atoms with van der Waals surface area (Å²) in [7, 11) is 0. The Kier molecular flexibility index (Phi) is 3.83. The predicted octanol–water partition coefficient (Wildman–Crippen LogP) is 3.72. The minimum absolute atomic E-state index is 0.713. The Morgan fingerprint density at radius 3 is 3.13 bits per heavy atom. The van der Waals surface area contributed by atoms with Crippen LogP contribution in [0.2, 0.25) is 0 Å². The molecule has 0 aliphatic carbocycles. The van der Waals surface area contributed by atoms with Gasteiger partial charge in [-0.1, -0.05) is 0 Å². The third-order valence-electron chi connectivity index (χ3n) is 2.01. The number of rotatable bonds is 4. The maximum atomic E-state index is 5.65. The number of nitrogens with zero attached hydrogens (tertiary/aromatic N) is 2.